The minimum Gasteiger partial charge on any atom is -0.379 e. The summed E-state index contributed by atoms with van der Waals surface area (Å²) in [6.45, 7) is 3.43. The zero-order chi connectivity index (χ0) is 7.57. The Bertz CT molecular complexity index is 124. The van der Waals surface area contributed by atoms with Gasteiger partial charge in [-0.2, -0.15) is 11.8 Å². The van der Waals surface area contributed by atoms with Crippen LogP contribution in [-0.4, -0.2) is 36.9 Å². The van der Waals surface area contributed by atoms with E-state index in [4.69, 9.17) is 9.47 Å². The van der Waals surface area contributed by atoms with Gasteiger partial charge in [0.2, 0.25) is 0 Å². The predicted molar refractivity (Wildman–Crippen MR) is 46.1 cm³/mol. The van der Waals surface area contributed by atoms with E-state index < -0.39 is 0 Å². The van der Waals surface area contributed by atoms with Crippen LogP contribution in [0.25, 0.3) is 0 Å². The lowest BCUT2D eigenvalue weighted by Crippen LogP contribution is -2.42. The molecule has 11 heavy (non-hydrogen) atoms. The molecule has 0 amide bonds. The number of hydrogen-bond donors (Lipinski definition) is 0. The third kappa shape index (κ3) is 1.71. The molecule has 2 aliphatic heterocycles. The fourth-order valence-corrected chi connectivity index (χ4v) is 2.69. The van der Waals surface area contributed by atoms with Gasteiger partial charge in [-0.05, 0) is 18.6 Å². The quantitative estimate of drug-likeness (QED) is 0.551. The molecule has 1 atom stereocenters. The molecule has 0 aromatic heterocycles. The maximum Gasteiger partial charge on any atom is 0.0701 e. The molecule has 0 aliphatic carbocycles. The van der Waals surface area contributed by atoms with Gasteiger partial charge in [-0.25, -0.2) is 0 Å². The van der Waals surface area contributed by atoms with Crippen molar-refractivity contribution in [2.75, 3.05) is 32.2 Å². The summed E-state index contributed by atoms with van der Waals surface area (Å²) in [5, 5.41) is 0. The summed E-state index contributed by atoms with van der Waals surface area (Å²) in [4.78, 5) is 0. The molecule has 3 heteroatoms. The minimum atomic E-state index is 0.445. The van der Waals surface area contributed by atoms with Crippen molar-refractivity contribution in [3.63, 3.8) is 0 Å². The average molecular weight is 174 g/mol. The molecule has 2 saturated heterocycles. The molecule has 0 aromatic rings. The highest BCUT2D eigenvalue weighted by Crippen LogP contribution is 2.43. The van der Waals surface area contributed by atoms with Crippen LogP contribution in [0.5, 0.6) is 0 Å². The Hall–Kier alpha value is 0.270. The Morgan fingerprint density at radius 3 is 2.55 bits per heavy atom. The molecule has 0 bridgehead atoms. The van der Waals surface area contributed by atoms with Crippen molar-refractivity contribution < 1.29 is 9.47 Å². The van der Waals surface area contributed by atoms with Crippen LogP contribution in [0.2, 0.25) is 0 Å². The van der Waals surface area contributed by atoms with E-state index in [1.165, 1.54) is 18.6 Å². The van der Waals surface area contributed by atoms with Gasteiger partial charge in [0.25, 0.3) is 0 Å². The Labute approximate surface area is 71.6 Å². The third-order valence-corrected chi connectivity index (χ3v) is 3.95. The Kier molecular flexibility index (Phi) is 2.39. The van der Waals surface area contributed by atoms with Crippen molar-refractivity contribution in [3.05, 3.63) is 0 Å². The maximum atomic E-state index is 5.49. The lowest BCUT2D eigenvalue weighted by atomic mass is 10.0. The second kappa shape index (κ2) is 3.33. The smallest absolute Gasteiger partial charge is 0.0701 e. The topological polar surface area (TPSA) is 18.5 Å². The Morgan fingerprint density at radius 1 is 1.00 bits per heavy atom. The lowest BCUT2D eigenvalue weighted by molar-refractivity contribution is 0.00409. The number of thioether (sulfide) groups is 1. The van der Waals surface area contributed by atoms with Crippen LogP contribution in [0, 0.1) is 0 Å². The Balaban J connectivity index is 1.86. The molecule has 0 radical (unpaired) electrons. The SMILES string of the molecule is C1COCC2(CCO1)CCS2. The third-order valence-electron chi connectivity index (χ3n) is 2.41. The molecule has 2 aliphatic rings. The fraction of sp³-hybridized carbons (Fsp3) is 1.00. The summed E-state index contributed by atoms with van der Waals surface area (Å²) in [5.41, 5.74) is 0. The van der Waals surface area contributed by atoms with E-state index in [2.05, 4.69) is 0 Å². The van der Waals surface area contributed by atoms with E-state index in [0.717, 1.165) is 26.4 Å². The molecule has 2 heterocycles. The number of hydrogen-bond acceptors (Lipinski definition) is 3. The second-order valence-corrected chi connectivity index (χ2v) is 4.76. The van der Waals surface area contributed by atoms with Crippen LogP contribution in [0.4, 0.5) is 0 Å². The summed E-state index contributed by atoms with van der Waals surface area (Å²) in [6, 6.07) is 0. The molecule has 0 N–H and O–H groups in total. The van der Waals surface area contributed by atoms with Crippen molar-refractivity contribution in [1.29, 1.82) is 0 Å². The van der Waals surface area contributed by atoms with E-state index in [0.29, 0.717) is 4.75 Å². The van der Waals surface area contributed by atoms with Gasteiger partial charge >= 0.3 is 0 Å². The molecule has 64 valence electrons. The molecule has 0 aromatic carbocycles. The zero-order valence-electron chi connectivity index (χ0n) is 6.67. The summed E-state index contributed by atoms with van der Waals surface area (Å²) in [5.74, 6) is 1.31. The van der Waals surface area contributed by atoms with Crippen molar-refractivity contribution in [1.82, 2.24) is 0 Å². The molecular formula is C8H14O2S. The van der Waals surface area contributed by atoms with Crippen molar-refractivity contribution in [2.24, 2.45) is 0 Å². The van der Waals surface area contributed by atoms with Crippen LogP contribution < -0.4 is 0 Å². The van der Waals surface area contributed by atoms with E-state index in [-0.39, 0.29) is 0 Å². The van der Waals surface area contributed by atoms with Crippen LogP contribution >= 0.6 is 11.8 Å². The minimum absolute atomic E-state index is 0.445. The summed E-state index contributed by atoms with van der Waals surface area (Å²) >= 11 is 2.05. The van der Waals surface area contributed by atoms with Gasteiger partial charge in [0.05, 0.1) is 19.8 Å². The highest BCUT2D eigenvalue weighted by Gasteiger charge is 2.38. The van der Waals surface area contributed by atoms with E-state index in [1.807, 2.05) is 11.8 Å². The Morgan fingerprint density at radius 2 is 1.82 bits per heavy atom. The summed E-state index contributed by atoms with van der Waals surface area (Å²) < 4.78 is 11.3. The van der Waals surface area contributed by atoms with E-state index in [1.54, 1.807) is 0 Å². The zero-order valence-corrected chi connectivity index (χ0v) is 7.49. The molecule has 0 saturated carbocycles. The van der Waals surface area contributed by atoms with Crippen LogP contribution in [0.15, 0.2) is 0 Å². The van der Waals surface area contributed by atoms with Crippen molar-refractivity contribution >= 4 is 11.8 Å². The van der Waals surface area contributed by atoms with Gasteiger partial charge in [0.1, 0.15) is 0 Å². The first-order valence-electron chi connectivity index (χ1n) is 4.21. The fourth-order valence-electron chi connectivity index (χ4n) is 1.51. The van der Waals surface area contributed by atoms with E-state index >= 15 is 0 Å². The van der Waals surface area contributed by atoms with Gasteiger partial charge in [0.15, 0.2) is 0 Å². The first-order valence-corrected chi connectivity index (χ1v) is 5.19. The van der Waals surface area contributed by atoms with Gasteiger partial charge in [-0.15, -0.1) is 0 Å². The standard InChI is InChI=1S/C8H14O2S/c1-3-9-4-5-10-7-8(1)2-6-11-8/h1-7H2. The molecule has 1 spiro atoms. The average Bonchev–Trinajstić information content (AvgIpc) is 1.82. The normalized spacial score (nSPS) is 39.3. The number of ether oxygens (including phenoxy) is 2. The van der Waals surface area contributed by atoms with Gasteiger partial charge < -0.3 is 9.47 Å². The largest absolute Gasteiger partial charge is 0.379 e. The summed E-state index contributed by atoms with van der Waals surface area (Å²) in [6.07, 6.45) is 2.50. The first kappa shape index (κ1) is 7.90. The van der Waals surface area contributed by atoms with E-state index in [9.17, 15) is 0 Å². The molecular weight excluding hydrogens is 160 g/mol. The van der Waals surface area contributed by atoms with Crippen molar-refractivity contribution in [2.45, 2.75) is 17.6 Å². The van der Waals surface area contributed by atoms with Gasteiger partial charge in [-0.1, -0.05) is 0 Å². The van der Waals surface area contributed by atoms with Gasteiger partial charge in [-0.3, -0.25) is 0 Å². The molecule has 1 unspecified atom stereocenters. The van der Waals surface area contributed by atoms with Gasteiger partial charge in [0, 0.05) is 11.4 Å². The van der Waals surface area contributed by atoms with Crippen LogP contribution in [-0.2, 0) is 9.47 Å². The molecule has 2 rings (SSSR count). The second-order valence-electron chi connectivity index (χ2n) is 3.20. The highest BCUT2D eigenvalue weighted by molar-refractivity contribution is 8.02. The maximum absolute atomic E-state index is 5.49. The molecule has 2 nitrogen and oxygen atoms in total. The number of rotatable bonds is 0. The highest BCUT2D eigenvalue weighted by atomic mass is 32.2. The van der Waals surface area contributed by atoms with Crippen LogP contribution in [0.3, 0.4) is 0 Å². The first-order chi connectivity index (χ1) is 5.41. The lowest BCUT2D eigenvalue weighted by Gasteiger charge is -2.41. The molecule has 2 fully saturated rings. The monoisotopic (exact) mass is 174 g/mol. The predicted octanol–water partition coefficient (Wildman–Crippen LogP) is 1.30. The van der Waals surface area contributed by atoms with Crippen LogP contribution in [0.1, 0.15) is 12.8 Å². The summed E-state index contributed by atoms with van der Waals surface area (Å²) in [7, 11) is 0. The van der Waals surface area contributed by atoms with Crippen molar-refractivity contribution in [3.8, 4) is 0 Å².